The summed E-state index contributed by atoms with van der Waals surface area (Å²) in [6, 6.07) is 4.48. The smallest absolute Gasteiger partial charge is 0.340 e. The number of oxazole rings is 1. The molecule has 0 aliphatic carbocycles. The predicted molar refractivity (Wildman–Crippen MR) is 63.0 cm³/mol. The van der Waals surface area contributed by atoms with E-state index in [1.165, 1.54) is 18.2 Å². The van der Waals surface area contributed by atoms with Crippen LogP contribution in [0.1, 0.15) is 17.3 Å². The molecule has 8 heteroatoms. The maximum Gasteiger partial charge on any atom is 0.340 e. The van der Waals surface area contributed by atoms with Crippen LogP contribution in [0.4, 0.5) is 0 Å². The lowest BCUT2D eigenvalue weighted by atomic mass is 10.2. The van der Waals surface area contributed by atoms with Crippen LogP contribution in [0.2, 0.25) is 0 Å². The number of carbonyl (C=O) groups excluding carboxylic acids is 1. The summed E-state index contributed by atoms with van der Waals surface area (Å²) >= 11 is 0. The molecule has 0 spiro atoms. The second-order valence-electron chi connectivity index (χ2n) is 3.29. The molecule has 0 aliphatic heterocycles. The highest BCUT2D eigenvalue weighted by Gasteiger charge is 2.22. The van der Waals surface area contributed by atoms with Crippen LogP contribution in [-0.4, -0.2) is 26.0 Å². The maximum atomic E-state index is 11.6. The van der Waals surface area contributed by atoms with Crippen molar-refractivity contribution in [1.82, 2.24) is 4.98 Å². The Labute approximate surface area is 107 Å². The number of fused-ring (bicyclic) bond motifs is 1. The first-order valence-electron chi connectivity index (χ1n) is 4.95. The van der Waals surface area contributed by atoms with Crippen LogP contribution in [0.15, 0.2) is 27.8 Å². The lowest BCUT2D eigenvalue weighted by Gasteiger charge is -2.00. The van der Waals surface area contributed by atoms with Gasteiger partial charge in [0, 0.05) is 10.7 Å². The van der Waals surface area contributed by atoms with E-state index in [9.17, 15) is 13.2 Å². The lowest BCUT2D eigenvalue weighted by molar-refractivity contribution is 0.0528. The third-order valence-electron chi connectivity index (χ3n) is 2.10. The second kappa shape index (κ2) is 4.58. The zero-order valence-electron chi connectivity index (χ0n) is 9.21. The van der Waals surface area contributed by atoms with E-state index >= 15 is 0 Å². The van der Waals surface area contributed by atoms with Gasteiger partial charge < -0.3 is 9.15 Å². The standard InChI is InChI=1S/C10H8ClNO5S/c1-2-16-9(13)6-4-3-5-7-8(6)12-10(17-7)18(11,14)15/h3-5H,2H2,1H3. The highest BCUT2D eigenvalue weighted by molar-refractivity contribution is 8.13. The number of nitrogens with zero attached hydrogens (tertiary/aromatic N) is 1. The molecule has 18 heavy (non-hydrogen) atoms. The highest BCUT2D eigenvalue weighted by atomic mass is 35.7. The van der Waals surface area contributed by atoms with E-state index in [0.717, 1.165) is 0 Å². The van der Waals surface area contributed by atoms with Crippen molar-refractivity contribution in [3.05, 3.63) is 23.8 Å². The fourth-order valence-electron chi connectivity index (χ4n) is 1.41. The Kier molecular flexibility index (Phi) is 3.27. The quantitative estimate of drug-likeness (QED) is 0.634. The minimum atomic E-state index is -4.08. The van der Waals surface area contributed by atoms with Gasteiger partial charge in [-0.3, -0.25) is 0 Å². The normalized spacial score (nSPS) is 11.7. The largest absolute Gasteiger partial charge is 0.462 e. The van der Waals surface area contributed by atoms with Gasteiger partial charge in [-0.05, 0) is 19.1 Å². The zero-order valence-corrected chi connectivity index (χ0v) is 10.8. The summed E-state index contributed by atoms with van der Waals surface area (Å²) < 4.78 is 32.0. The maximum absolute atomic E-state index is 11.6. The molecular formula is C10H8ClNO5S. The van der Waals surface area contributed by atoms with Gasteiger partial charge in [-0.1, -0.05) is 6.07 Å². The van der Waals surface area contributed by atoms with Gasteiger partial charge in [0.25, 0.3) is 0 Å². The van der Waals surface area contributed by atoms with Crippen LogP contribution in [0.5, 0.6) is 0 Å². The van der Waals surface area contributed by atoms with E-state index in [1.807, 2.05) is 0 Å². The Morgan fingerprint density at radius 3 is 2.83 bits per heavy atom. The summed E-state index contributed by atoms with van der Waals surface area (Å²) in [6.07, 6.45) is 0. The first-order valence-corrected chi connectivity index (χ1v) is 7.25. The number of hydrogen-bond donors (Lipinski definition) is 0. The fourth-order valence-corrected chi connectivity index (χ4v) is 1.99. The van der Waals surface area contributed by atoms with Crippen molar-refractivity contribution in [2.45, 2.75) is 12.1 Å². The van der Waals surface area contributed by atoms with Crippen molar-refractivity contribution >= 4 is 36.8 Å². The van der Waals surface area contributed by atoms with Gasteiger partial charge in [0.2, 0.25) is 0 Å². The van der Waals surface area contributed by atoms with Crippen LogP contribution in [0, 0.1) is 0 Å². The van der Waals surface area contributed by atoms with Crippen LogP contribution < -0.4 is 0 Å². The number of esters is 1. The molecule has 96 valence electrons. The third kappa shape index (κ3) is 2.32. The molecule has 0 unspecified atom stereocenters. The van der Waals surface area contributed by atoms with Gasteiger partial charge in [-0.15, -0.1) is 0 Å². The summed E-state index contributed by atoms with van der Waals surface area (Å²) in [5, 5.41) is -0.643. The summed E-state index contributed by atoms with van der Waals surface area (Å²) in [4.78, 5) is 15.3. The van der Waals surface area contributed by atoms with Gasteiger partial charge in [-0.2, -0.15) is 4.98 Å². The molecule has 0 atom stereocenters. The molecule has 2 aromatic rings. The second-order valence-corrected chi connectivity index (χ2v) is 5.73. The van der Waals surface area contributed by atoms with Gasteiger partial charge in [0.05, 0.1) is 12.2 Å². The van der Waals surface area contributed by atoms with Crippen LogP contribution in [-0.2, 0) is 13.8 Å². The molecule has 0 saturated heterocycles. The highest BCUT2D eigenvalue weighted by Crippen LogP contribution is 2.24. The summed E-state index contributed by atoms with van der Waals surface area (Å²) in [6.45, 7) is 1.86. The molecule has 0 fully saturated rings. The van der Waals surface area contributed by atoms with Crippen molar-refractivity contribution in [2.75, 3.05) is 6.61 Å². The van der Waals surface area contributed by atoms with Crippen molar-refractivity contribution in [3.63, 3.8) is 0 Å². The molecule has 0 saturated carbocycles. The Morgan fingerprint density at radius 1 is 1.50 bits per heavy atom. The summed E-state index contributed by atoms with van der Waals surface area (Å²) in [5.74, 6) is -0.602. The van der Waals surface area contributed by atoms with E-state index in [2.05, 4.69) is 4.98 Å². The van der Waals surface area contributed by atoms with E-state index in [1.54, 1.807) is 6.92 Å². The molecule has 0 aliphatic rings. The average Bonchev–Trinajstić information content (AvgIpc) is 2.72. The minimum absolute atomic E-state index is 0.107. The first-order chi connectivity index (χ1) is 8.43. The number of halogens is 1. The van der Waals surface area contributed by atoms with Gasteiger partial charge in [-0.25, -0.2) is 13.2 Å². The number of carbonyl (C=O) groups is 1. The molecule has 1 aromatic heterocycles. The topological polar surface area (TPSA) is 86.5 Å². The molecule has 2 rings (SSSR count). The van der Waals surface area contributed by atoms with Gasteiger partial charge in [0.1, 0.15) is 5.52 Å². The molecule has 6 nitrogen and oxygen atoms in total. The number of benzene rings is 1. The number of para-hydroxylation sites is 1. The summed E-state index contributed by atoms with van der Waals surface area (Å²) in [5.41, 5.74) is 0.389. The van der Waals surface area contributed by atoms with E-state index < -0.39 is 20.2 Å². The molecule has 0 amide bonds. The predicted octanol–water partition coefficient (Wildman–Crippen LogP) is 1.93. The minimum Gasteiger partial charge on any atom is -0.462 e. The number of ether oxygens (including phenoxy) is 1. The number of hydrogen-bond acceptors (Lipinski definition) is 6. The van der Waals surface area contributed by atoms with E-state index in [-0.39, 0.29) is 23.3 Å². The van der Waals surface area contributed by atoms with Crippen LogP contribution in [0.3, 0.4) is 0 Å². The molecule has 1 aromatic carbocycles. The van der Waals surface area contributed by atoms with E-state index in [0.29, 0.717) is 0 Å². The summed E-state index contributed by atoms with van der Waals surface area (Å²) in [7, 11) is 1.05. The SMILES string of the molecule is CCOC(=O)c1cccc2oc(S(=O)(=O)Cl)nc12. The Morgan fingerprint density at radius 2 is 2.22 bits per heavy atom. The van der Waals surface area contributed by atoms with Crippen LogP contribution in [0.25, 0.3) is 11.1 Å². The van der Waals surface area contributed by atoms with E-state index in [4.69, 9.17) is 19.8 Å². The Hall–Kier alpha value is -1.60. The van der Waals surface area contributed by atoms with Crippen molar-refractivity contribution in [2.24, 2.45) is 0 Å². The Bertz CT molecular complexity index is 706. The molecule has 0 radical (unpaired) electrons. The first kappa shape index (κ1) is 12.8. The van der Waals surface area contributed by atoms with Gasteiger partial charge in [0.15, 0.2) is 5.58 Å². The van der Waals surface area contributed by atoms with Gasteiger partial charge >= 0.3 is 20.2 Å². The molecule has 1 heterocycles. The van der Waals surface area contributed by atoms with Crippen molar-refractivity contribution in [1.29, 1.82) is 0 Å². The third-order valence-corrected chi connectivity index (χ3v) is 3.09. The van der Waals surface area contributed by atoms with Crippen molar-refractivity contribution in [3.8, 4) is 0 Å². The van der Waals surface area contributed by atoms with Crippen molar-refractivity contribution < 1.29 is 22.4 Å². The number of rotatable bonds is 3. The molecule has 0 N–H and O–H groups in total. The lowest BCUT2D eigenvalue weighted by Crippen LogP contribution is -2.05. The molecular weight excluding hydrogens is 282 g/mol. The number of aromatic nitrogens is 1. The Balaban J connectivity index is 2.63. The monoisotopic (exact) mass is 289 g/mol. The molecule has 0 bridgehead atoms. The average molecular weight is 290 g/mol. The van der Waals surface area contributed by atoms with Crippen LogP contribution >= 0.6 is 10.7 Å². The fraction of sp³-hybridized carbons (Fsp3) is 0.200. The zero-order chi connectivity index (χ0) is 13.3.